The number of benzene rings is 5. The van der Waals surface area contributed by atoms with Gasteiger partial charge >= 0.3 is 0 Å². The van der Waals surface area contributed by atoms with Gasteiger partial charge in [0.05, 0.1) is 0 Å². The third-order valence-electron chi connectivity index (χ3n) is 17.9. The van der Waals surface area contributed by atoms with E-state index in [4.69, 9.17) is 0 Å². The van der Waals surface area contributed by atoms with Gasteiger partial charge in [-0.25, -0.2) is 0 Å². The zero-order valence-corrected chi connectivity index (χ0v) is 42.8. The smallest absolute Gasteiger partial charge is 0.252 e. The van der Waals surface area contributed by atoms with Gasteiger partial charge in [-0.3, -0.25) is 0 Å². The average molecular weight is 847 g/mol. The fraction of sp³-hybridized carbons (Fsp3) is 0.508. The van der Waals surface area contributed by atoms with Crippen molar-refractivity contribution in [3.05, 3.63) is 123 Å². The van der Waals surface area contributed by atoms with Gasteiger partial charge in [-0.1, -0.05) is 149 Å². The Morgan fingerprint density at radius 2 is 0.656 bits per heavy atom. The molecule has 0 N–H and O–H groups in total. The lowest BCUT2D eigenvalue weighted by Crippen LogP contribution is -2.62. The highest BCUT2D eigenvalue weighted by Crippen LogP contribution is 2.58. The third-order valence-corrected chi connectivity index (χ3v) is 17.9. The van der Waals surface area contributed by atoms with Crippen LogP contribution in [0.5, 0.6) is 0 Å². The minimum Gasteiger partial charge on any atom is -0.311 e. The molecule has 4 aliphatic carbocycles. The molecule has 0 fully saturated rings. The number of fused-ring (bicyclic) bond motifs is 8. The quantitative estimate of drug-likeness (QED) is 0.164. The van der Waals surface area contributed by atoms with Crippen LogP contribution in [0, 0.1) is 0 Å². The average Bonchev–Trinajstić information content (AvgIpc) is 3.65. The molecule has 2 nitrogen and oxygen atoms in total. The third kappa shape index (κ3) is 5.63. The monoisotopic (exact) mass is 847 g/mol. The van der Waals surface area contributed by atoms with E-state index in [1.165, 1.54) is 101 Å². The second kappa shape index (κ2) is 12.4. The molecule has 2 aliphatic heterocycles. The Kier molecular flexibility index (Phi) is 8.21. The predicted octanol–water partition coefficient (Wildman–Crippen LogP) is 14.7. The Bertz CT molecular complexity index is 2700. The van der Waals surface area contributed by atoms with Crippen LogP contribution in [0.15, 0.2) is 72.8 Å². The molecule has 0 amide bonds. The summed E-state index contributed by atoms with van der Waals surface area (Å²) in [5.41, 5.74) is 26.7. The van der Waals surface area contributed by atoms with Gasteiger partial charge in [-0.15, -0.1) is 0 Å². The number of nitrogens with zero attached hydrogens (tertiary/aromatic N) is 2. The first-order valence-electron chi connectivity index (χ1n) is 24.9. The maximum Gasteiger partial charge on any atom is 0.252 e. The summed E-state index contributed by atoms with van der Waals surface area (Å²) in [5, 5.41) is 0. The first kappa shape index (κ1) is 42.4. The summed E-state index contributed by atoms with van der Waals surface area (Å²) in [4.78, 5) is 5.47. The van der Waals surface area contributed by atoms with Crippen molar-refractivity contribution in [1.29, 1.82) is 0 Å². The molecule has 11 rings (SSSR count). The molecule has 0 spiro atoms. The Labute approximate surface area is 387 Å². The fourth-order valence-corrected chi connectivity index (χ4v) is 16.1. The van der Waals surface area contributed by atoms with Gasteiger partial charge in [0.25, 0.3) is 6.71 Å². The summed E-state index contributed by atoms with van der Waals surface area (Å²) in [6, 6.07) is 31.1. The van der Waals surface area contributed by atoms with E-state index in [-0.39, 0.29) is 50.0 Å². The van der Waals surface area contributed by atoms with Gasteiger partial charge in [0.2, 0.25) is 0 Å². The van der Waals surface area contributed by atoms with E-state index in [1.807, 2.05) is 0 Å². The minimum atomic E-state index is 0.0717. The second-order valence-corrected chi connectivity index (χ2v) is 27.4. The Balaban J connectivity index is 1.28. The van der Waals surface area contributed by atoms with Crippen molar-refractivity contribution < 1.29 is 0 Å². The van der Waals surface area contributed by atoms with Crippen LogP contribution in [-0.2, 0) is 43.3 Å². The van der Waals surface area contributed by atoms with Crippen LogP contribution in [0.2, 0.25) is 0 Å². The molecule has 6 aliphatic rings. The summed E-state index contributed by atoms with van der Waals surface area (Å²) in [7, 11) is 0. The van der Waals surface area contributed by atoms with Crippen LogP contribution in [0.25, 0.3) is 0 Å². The molecule has 0 aromatic heterocycles. The molecule has 332 valence electrons. The first-order chi connectivity index (χ1) is 29.5. The van der Waals surface area contributed by atoms with E-state index in [0.29, 0.717) is 5.92 Å². The Hall–Kier alpha value is -4.24. The Morgan fingerprint density at radius 3 is 0.984 bits per heavy atom. The van der Waals surface area contributed by atoms with Crippen molar-refractivity contribution >= 4 is 57.2 Å². The number of hydrogen-bond donors (Lipinski definition) is 0. The molecule has 3 heteroatoms. The molecular formula is C61H75BN2. The molecule has 5 aromatic rings. The van der Waals surface area contributed by atoms with Crippen molar-refractivity contribution in [2.24, 2.45) is 0 Å². The standard InChI is InChI=1S/C61H75BN2/c1-35(2)36-23-51-53-52(24-36)64(38-20-22-40-42(26-38)57(9,10)32-55(40,5)6)50-30-46-44(59(13,14)34-61(46,17)18)28-48(50)62(53)47-27-43-45(60(15,16)33-58(43,11)12)29-49(47)63(51)37-19-21-39-41(25-37)56(7,8)31-54(39,3)4/h19-30,35H,31-34H2,1-18H3. The highest BCUT2D eigenvalue weighted by molar-refractivity contribution is 7.00. The van der Waals surface area contributed by atoms with E-state index in [9.17, 15) is 0 Å². The maximum absolute atomic E-state index is 2.73. The summed E-state index contributed by atoms with van der Waals surface area (Å²) >= 11 is 0. The van der Waals surface area contributed by atoms with E-state index in [0.717, 1.165) is 25.7 Å². The molecule has 0 unspecified atom stereocenters. The largest absolute Gasteiger partial charge is 0.311 e. The van der Waals surface area contributed by atoms with Gasteiger partial charge in [0, 0.05) is 34.1 Å². The van der Waals surface area contributed by atoms with Gasteiger partial charge in [0.15, 0.2) is 0 Å². The maximum atomic E-state index is 2.73. The van der Waals surface area contributed by atoms with Crippen LogP contribution < -0.4 is 26.2 Å². The van der Waals surface area contributed by atoms with E-state index in [2.05, 4.69) is 207 Å². The molecule has 2 heterocycles. The van der Waals surface area contributed by atoms with Crippen molar-refractivity contribution in [2.45, 2.75) is 200 Å². The normalized spacial score (nSPS) is 23.0. The summed E-state index contributed by atoms with van der Waals surface area (Å²) in [5.74, 6) is 0.352. The minimum absolute atomic E-state index is 0.0717. The number of anilines is 6. The van der Waals surface area contributed by atoms with Crippen molar-refractivity contribution in [1.82, 2.24) is 0 Å². The van der Waals surface area contributed by atoms with Crippen LogP contribution in [-0.4, -0.2) is 6.71 Å². The molecule has 0 saturated heterocycles. The van der Waals surface area contributed by atoms with Crippen molar-refractivity contribution in [3.63, 3.8) is 0 Å². The number of rotatable bonds is 3. The van der Waals surface area contributed by atoms with Gasteiger partial charge in [-0.05, 0) is 190 Å². The van der Waals surface area contributed by atoms with E-state index < -0.39 is 0 Å². The highest BCUT2D eigenvalue weighted by Gasteiger charge is 2.52. The first-order valence-corrected chi connectivity index (χ1v) is 24.9. The topological polar surface area (TPSA) is 6.48 Å². The Morgan fingerprint density at radius 1 is 0.359 bits per heavy atom. The predicted molar refractivity (Wildman–Crippen MR) is 277 cm³/mol. The zero-order chi connectivity index (χ0) is 46.0. The molecule has 0 radical (unpaired) electrons. The van der Waals surface area contributed by atoms with Crippen LogP contribution in [0.3, 0.4) is 0 Å². The number of hydrogen-bond acceptors (Lipinski definition) is 2. The zero-order valence-electron chi connectivity index (χ0n) is 42.8. The molecule has 0 atom stereocenters. The van der Waals surface area contributed by atoms with Crippen LogP contribution in [0.1, 0.15) is 206 Å². The van der Waals surface area contributed by atoms with Crippen molar-refractivity contribution in [3.8, 4) is 0 Å². The lowest BCUT2D eigenvalue weighted by atomic mass is 9.33. The molecule has 5 aromatic carbocycles. The van der Waals surface area contributed by atoms with Crippen molar-refractivity contribution in [2.75, 3.05) is 9.80 Å². The van der Waals surface area contributed by atoms with Crippen LogP contribution >= 0.6 is 0 Å². The molecular weight excluding hydrogens is 771 g/mol. The second-order valence-electron chi connectivity index (χ2n) is 27.4. The fourth-order valence-electron chi connectivity index (χ4n) is 16.1. The highest BCUT2D eigenvalue weighted by atomic mass is 15.2. The summed E-state index contributed by atoms with van der Waals surface area (Å²) in [6.45, 7) is 44.5. The van der Waals surface area contributed by atoms with E-state index in [1.54, 1.807) is 0 Å². The summed E-state index contributed by atoms with van der Waals surface area (Å²) in [6.07, 6.45) is 4.61. The SMILES string of the molecule is CC(C)c1cc2c3c(c1)N(c1ccc4c(c1)C(C)(C)CC4(C)C)c1cc4c(cc1B3c1cc3c(cc1N2c1ccc2c(c1)C(C)(C)CC2(C)C)C(C)(C)CC3(C)C)C(C)(C)CC4(C)C. The molecule has 0 saturated carbocycles. The van der Waals surface area contributed by atoms with Gasteiger partial charge in [0.1, 0.15) is 0 Å². The summed E-state index contributed by atoms with van der Waals surface area (Å²) < 4.78 is 0. The van der Waals surface area contributed by atoms with Gasteiger partial charge in [-0.2, -0.15) is 0 Å². The molecule has 64 heavy (non-hydrogen) atoms. The molecule has 0 bridgehead atoms. The van der Waals surface area contributed by atoms with Crippen LogP contribution in [0.4, 0.5) is 34.1 Å². The lowest BCUT2D eigenvalue weighted by molar-refractivity contribution is 0.402. The lowest BCUT2D eigenvalue weighted by Gasteiger charge is -2.46. The van der Waals surface area contributed by atoms with E-state index >= 15 is 0 Å². The van der Waals surface area contributed by atoms with Gasteiger partial charge < -0.3 is 9.80 Å².